The fourth-order valence-corrected chi connectivity index (χ4v) is 3.56. The molecule has 148 valence electrons. The number of H-pyrrole nitrogens is 1. The zero-order valence-electron chi connectivity index (χ0n) is 16.9. The molecular weight excluding hydrogens is 354 g/mol. The lowest BCUT2D eigenvalue weighted by molar-refractivity contribution is -0.125. The highest BCUT2D eigenvalue weighted by Crippen LogP contribution is 2.32. The van der Waals surface area contributed by atoms with Crippen LogP contribution < -0.4 is 5.32 Å². The number of carbonyl (C=O) groups excluding carboxylic acids is 2. The lowest BCUT2D eigenvalue weighted by Crippen LogP contribution is -2.50. The number of benzene rings is 1. The number of hydrogen-bond acceptors (Lipinski definition) is 4. The van der Waals surface area contributed by atoms with Crippen molar-refractivity contribution in [1.82, 2.24) is 10.3 Å². The van der Waals surface area contributed by atoms with Crippen molar-refractivity contribution < 1.29 is 14.3 Å². The molecule has 1 aliphatic carbocycles. The Kier molecular flexibility index (Phi) is 5.46. The number of aryl methyl sites for hydroxylation is 1. The Bertz CT molecular complexity index is 954. The van der Waals surface area contributed by atoms with Crippen molar-refractivity contribution in [2.75, 3.05) is 6.61 Å². The number of aromatic nitrogens is 1. The minimum absolute atomic E-state index is 0.0679. The fourth-order valence-electron chi connectivity index (χ4n) is 3.56. The van der Waals surface area contributed by atoms with Gasteiger partial charge in [-0.15, -0.1) is 0 Å². The van der Waals surface area contributed by atoms with Crippen LogP contribution >= 0.6 is 0 Å². The Hall–Kier alpha value is -2.81. The topological polar surface area (TPSA) is 95.0 Å². The van der Waals surface area contributed by atoms with Gasteiger partial charge in [0.2, 0.25) is 0 Å². The van der Waals surface area contributed by atoms with Crippen molar-refractivity contribution in [3.8, 4) is 6.07 Å². The summed E-state index contributed by atoms with van der Waals surface area (Å²) in [6.45, 7) is 7.18. The van der Waals surface area contributed by atoms with Crippen molar-refractivity contribution in [1.29, 1.82) is 5.26 Å². The molecular formula is C22H27N3O3. The van der Waals surface area contributed by atoms with Crippen molar-refractivity contribution in [3.63, 3.8) is 0 Å². The molecule has 0 aliphatic heterocycles. The minimum Gasteiger partial charge on any atom is -0.452 e. The van der Waals surface area contributed by atoms with Crippen molar-refractivity contribution >= 4 is 22.8 Å². The summed E-state index contributed by atoms with van der Waals surface area (Å²) in [7, 11) is 0. The van der Waals surface area contributed by atoms with Gasteiger partial charge < -0.3 is 15.0 Å². The molecule has 1 heterocycles. The molecule has 6 heteroatoms. The van der Waals surface area contributed by atoms with Crippen LogP contribution in [-0.2, 0) is 22.4 Å². The molecule has 1 amide bonds. The third kappa shape index (κ3) is 3.89. The first kappa shape index (κ1) is 19.9. The highest BCUT2D eigenvalue weighted by Gasteiger charge is 2.30. The largest absolute Gasteiger partial charge is 0.452 e. The van der Waals surface area contributed by atoms with Crippen LogP contribution in [0, 0.1) is 23.2 Å². The summed E-state index contributed by atoms with van der Waals surface area (Å²) in [6.07, 6.45) is 3.19. The second-order valence-corrected chi connectivity index (χ2v) is 8.28. The summed E-state index contributed by atoms with van der Waals surface area (Å²) in [6, 6.07) is 7.54. The summed E-state index contributed by atoms with van der Waals surface area (Å²) in [5, 5.41) is 13.0. The Labute approximate surface area is 165 Å². The zero-order chi connectivity index (χ0) is 20.5. The molecule has 2 atom stereocenters. The average Bonchev–Trinajstić information content (AvgIpc) is 3.02. The molecule has 0 saturated heterocycles. The van der Waals surface area contributed by atoms with E-state index in [1.807, 2.05) is 26.0 Å². The fraction of sp³-hybridized carbons (Fsp3) is 0.500. The van der Waals surface area contributed by atoms with E-state index in [1.54, 1.807) is 13.0 Å². The Morgan fingerprint density at radius 1 is 1.43 bits per heavy atom. The first-order chi connectivity index (χ1) is 13.2. The van der Waals surface area contributed by atoms with E-state index >= 15 is 0 Å². The molecule has 0 radical (unpaired) electrons. The maximum atomic E-state index is 12.4. The number of amides is 1. The van der Waals surface area contributed by atoms with Crippen LogP contribution in [0.15, 0.2) is 18.2 Å². The second kappa shape index (κ2) is 7.67. The average molecular weight is 381 g/mol. The highest BCUT2D eigenvalue weighted by atomic mass is 16.5. The Balaban J connectivity index is 1.69. The number of aromatic amines is 1. The van der Waals surface area contributed by atoms with E-state index in [4.69, 9.17) is 4.74 Å². The van der Waals surface area contributed by atoms with Gasteiger partial charge in [-0.25, -0.2) is 4.79 Å². The van der Waals surface area contributed by atoms with Gasteiger partial charge in [0.05, 0.1) is 11.6 Å². The summed E-state index contributed by atoms with van der Waals surface area (Å²) in [5.74, 6) is -0.470. The normalized spacial score (nSPS) is 18.2. The van der Waals surface area contributed by atoms with E-state index < -0.39 is 24.0 Å². The lowest BCUT2D eigenvalue weighted by atomic mass is 9.87. The molecule has 6 nitrogen and oxygen atoms in total. The van der Waals surface area contributed by atoms with Gasteiger partial charge in [-0.05, 0) is 61.8 Å². The summed E-state index contributed by atoms with van der Waals surface area (Å²) >= 11 is 0. The standard InChI is InChI=1S/C22H27N3O3/c1-13(2)22(4,12-23)25-20(26)11-28-21(27)15-6-8-19-17(10-15)16-9-14(3)5-7-18(16)24-19/h6,8,10,13-14,24H,5,7,9,11H2,1-4H3,(H,25,26). The first-order valence-electron chi connectivity index (χ1n) is 9.76. The molecule has 28 heavy (non-hydrogen) atoms. The van der Waals surface area contributed by atoms with Gasteiger partial charge in [-0.1, -0.05) is 20.8 Å². The number of carbonyl (C=O) groups is 2. The van der Waals surface area contributed by atoms with Gasteiger partial charge in [0.25, 0.3) is 5.91 Å². The van der Waals surface area contributed by atoms with Gasteiger partial charge >= 0.3 is 5.97 Å². The van der Waals surface area contributed by atoms with Crippen LogP contribution in [0.5, 0.6) is 0 Å². The molecule has 3 rings (SSSR count). The third-order valence-electron chi connectivity index (χ3n) is 5.79. The SMILES string of the molecule is CC1CCc2[nH]c3ccc(C(=O)OCC(=O)NC(C)(C#N)C(C)C)cc3c2C1. The van der Waals surface area contributed by atoms with Crippen LogP contribution in [0.2, 0.25) is 0 Å². The van der Waals surface area contributed by atoms with Crippen LogP contribution in [-0.4, -0.2) is 29.0 Å². The number of hydrogen-bond donors (Lipinski definition) is 2. The number of esters is 1. The quantitative estimate of drug-likeness (QED) is 0.775. The predicted octanol–water partition coefficient (Wildman–Crippen LogP) is 3.50. The molecule has 0 saturated carbocycles. The molecule has 1 aromatic carbocycles. The van der Waals surface area contributed by atoms with Crippen LogP contribution in [0.1, 0.15) is 55.7 Å². The summed E-state index contributed by atoms with van der Waals surface area (Å²) in [5.41, 5.74) is 2.98. The van der Waals surface area contributed by atoms with Crippen molar-refractivity contribution in [2.24, 2.45) is 11.8 Å². The maximum Gasteiger partial charge on any atom is 0.338 e. The van der Waals surface area contributed by atoms with Gasteiger partial charge in [0.15, 0.2) is 6.61 Å². The number of fused-ring (bicyclic) bond motifs is 3. The molecule has 2 unspecified atom stereocenters. The Morgan fingerprint density at radius 2 is 2.18 bits per heavy atom. The monoisotopic (exact) mass is 381 g/mol. The van der Waals surface area contributed by atoms with Crippen molar-refractivity contribution in [3.05, 3.63) is 35.0 Å². The zero-order valence-corrected chi connectivity index (χ0v) is 16.9. The smallest absolute Gasteiger partial charge is 0.338 e. The molecule has 2 N–H and O–H groups in total. The van der Waals surface area contributed by atoms with Gasteiger partial charge in [0.1, 0.15) is 5.54 Å². The van der Waals surface area contributed by atoms with Gasteiger partial charge in [-0.3, -0.25) is 4.79 Å². The number of ether oxygens (including phenoxy) is 1. The summed E-state index contributed by atoms with van der Waals surface area (Å²) in [4.78, 5) is 28.0. The lowest BCUT2D eigenvalue weighted by Gasteiger charge is -2.27. The number of rotatable bonds is 5. The van der Waals surface area contributed by atoms with E-state index in [0.717, 1.165) is 23.7 Å². The van der Waals surface area contributed by atoms with E-state index in [1.165, 1.54) is 17.7 Å². The molecule has 0 bridgehead atoms. The molecule has 0 spiro atoms. The van der Waals surface area contributed by atoms with Gasteiger partial charge in [0, 0.05) is 16.6 Å². The number of nitrogens with zero attached hydrogens (tertiary/aromatic N) is 1. The van der Waals surface area contributed by atoms with Crippen LogP contribution in [0.3, 0.4) is 0 Å². The van der Waals surface area contributed by atoms with E-state index in [2.05, 4.69) is 23.3 Å². The van der Waals surface area contributed by atoms with Crippen molar-refractivity contribution in [2.45, 2.75) is 52.5 Å². The van der Waals surface area contributed by atoms with Crippen LogP contribution in [0.25, 0.3) is 10.9 Å². The minimum atomic E-state index is -0.997. The number of nitrogens with one attached hydrogen (secondary N) is 2. The Morgan fingerprint density at radius 3 is 2.86 bits per heavy atom. The van der Waals surface area contributed by atoms with E-state index in [-0.39, 0.29) is 5.92 Å². The maximum absolute atomic E-state index is 12.4. The molecule has 2 aromatic rings. The van der Waals surface area contributed by atoms with E-state index in [0.29, 0.717) is 11.5 Å². The molecule has 1 aliphatic rings. The van der Waals surface area contributed by atoms with Crippen LogP contribution in [0.4, 0.5) is 0 Å². The predicted molar refractivity (Wildman–Crippen MR) is 107 cm³/mol. The first-order valence-corrected chi connectivity index (χ1v) is 9.76. The second-order valence-electron chi connectivity index (χ2n) is 8.28. The third-order valence-corrected chi connectivity index (χ3v) is 5.79. The molecule has 0 fully saturated rings. The van der Waals surface area contributed by atoms with E-state index in [9.17, 15) is 14.9 Å². The molecule has 1 aromatic heterocycles. The summed E-state index contributed by atoms with van der Waals surface area (Å²) < 4.78 is 5.18. The van der Waals surface area contributed by atoms with Gasteiger partial charge in [-0.2, -0.15) is 5.26 Å². The number of nitriles is 1. The highest BCUT2D eigenvalue weighted by molar-refractivity contribution is 5.97.